The molecule has 2 amide bonds. The maximum atomic E-state index is 12.8. The molecule has 1 aromatic rings. The van der Waals surface area contributed by atoms with Gasteiger partial charge in [0.25, 0.3) is 0 Å². The third kappa shape index (κ3) is 3.08. The third-order valence-corrected chi connectivity index (χ3v) is 6.50. The Hall–Kier alpha value is -2.04. The predicted octanol–water partition coefficient (Wildman–Crippen LogP) is 2.84. The first-order valence-corrected chi connectivity index (χ1v) is 9.82. The molecule has 140 valence electrons. The molecule has 2 saturated heterocycles. The van der Waals surface area contributed by atoms with Gasteiger partial charge >= 0.3 is 0 Å². The summed E-state index contributed by atoms with van der Waals surface area (Å²) in [6.45, 7) is 2.98. The standard InChI is InChI=1S/C21H28N2O3/c1-26-18-8-6-16(7-9-18)14-23-15-21(20(23)25)10-12-22(13-11-21)19(24)17-4-2-3-5-17/h6-9,17H,2-5,10-15H2,1H3. The van der Waals surface area contributed by atoms with Gasteiger partial charge in [-0.1, -0.05) is 25.0 Å². The van der Waals surface area contributed by atoms with E-state index in [1.165, 1.54) is 12.8 Å². The third-order valence-electron chi connectivity index (χ3n) is 6.50. The molecule has 5 heteroatoms. The normalized spacial score (nSPS) is 22.6. The van der Waals surface area contributed by atoms with Crippen LogP contribution in [-0.2, 0) is 16.1 Å². The lowest BCUT2D eigenvalue weighted by molar-refractivity contribution is -0.168. The molecule has 5 nitrogen and oxygen atoms in total. The van der Waals surface area contributed by atoms with Crippen LogP contribution in [0.3, 0.4) is 0 Å². The fourth-order valence-electron chi connectivity index (χ4n) is 4.79. The van der Waals surface area contributed by atoms with E-state index in [0.29, 0.717) is 12.5 Å². The summed E-state index contributed by atoms with van der Waals surface area (Å²) in [6, 6.07) is 7.89. The summed E-state index contributed by atoms with van der Waals surface area (Å²) in [5, 5.41) is 0. The van der Waals surface area contributed by atoms with Crippen molar-refractivity contribution in [3.05, 3.63) is 29.8 Å². The highest BCUT2D eigenvalue weighted by molar-refractivity contribution is 5.89. The molecule has 1 aromatic carbocycles. The van der Waals surface area contributed by atoms with Crippen molar-refractivity contribution in [2.24, 2.45) is 11.3 Å². The molecule has 0 radical (unpaired) electrons. The molecule has 4 rings (SSSR count). The van der Waals surface area contributed by atoms with Crippen LogP contribution in [0.15, 0.2) is 24.3 Å². The molecule has 0 N–H and O–H groups in total. The van der Waals surface area contributed by atoms with Crippen LogP contribution in [0.25, 0.3) is 0 Å². The lowest BCUT2D eigenvalue weighted by Gasteiger charge is -2.52. The van der Waals surface area contributed by atoms with Crippen LogP contribution in [0.5, 0.6) is 5.75 Å². The number of benzene rings is 1. The number of hydrogen-bond donors (Lipinski definition) is 0. The van der Waals surface area contributed by atoms with Gasteiger partial charge in [-0.05, 0) is 43.4 Å². The summed E-state index contributed by atoms with van der Waals surface area (Å²) in [4.78, 5) is 29.3. The van der Waals surface area contributed by atoms with Gasteiger partial charge in [0.15, 0.2) is 0 Å². The Morgan fingerprint density at radius 2 is 1.81 bits per heavy atom. The van der Waals surface area contributed by atoms with Crippen LogP contribution >= 0.6 is 0 Å². The first-order chi connectivity index (χ1) is 12.6. The molecule has 1 aliphatic carbocycles. The lowest BCUT2D eigenvalue weighted by Crippen LogP contribution is -2.64. The number of carbonyl (C=O) groups is 2. The monoisotopic (exact) mass is 356 g/mol. The molecule has 0 bridgehead atoms. The second kappa shape index (κ2) is 6.93. The zero-order valence-corrected chi connectivity index (χ0v) is 15.6. The Morgan fingerprint density at radius 1 is 1.15 bits per heavy atom. The molecule has 0 unspecified atom stereocenters. The van der Waals surface area contributed by atoms with Gasteiger partial charge in [-0.2, -0.15) is 0 Å². The van der Waals surface area contributed by atoms with Crippen molar-refractivity contribution < 1.29 is 14.3 Å². The van der Waals surface area contributed by atoms with E-state index in [9.17, 15) is 9.59 Å². The average molecular weight is 356 g/mol. The highest BCUT2D eigenvalue weighted by atomic mass is 16.5. The maximum absolute atomic E-state index is 12.8. The molecule has 3 aliphatic rings. The SMILES string of the molecule is COc1ccc(CN2CC3(CCN(C(=O)C4CCCC4)CC3)C2=O)cc1. The second-order valence-electron chi connectivity index (χ2n) is 8.10. The first-order valence-electron chi connectivity index (χ1n) is 9.82. The minimum Gasteiger partial charge on any atom is -0.497 e. The van der Waals surface area contributed by atoms with E-state index < -0.39 is 0 Å². The topological polar surface area (TPSA) is 49.9 Å². The first kappa shape index (κ1) is 17.4. The number of rotatable bonds is 4. The highest BCUT2D eigenvalue weighted by Gasteiger charge is 2.53. The number of ether oxygens (including phenoxy) is 1. The molecule has 3 fully saturated rings. The van der Waals surface area contributed by atoms with Crippen LogP contribution in [0.1, 0.15) is 44.1 Å². The van der Waals surface area contributed by atoms with E-state index in [1.807, 2.05) is 34.1 Å². The summed E-state index contributed by atoms with van der Waals surface area (Å²) < 4.78 is 5.18. The zero-order chi connectivity index (χ0) is 18.1. The number of hydrogen-bond acceptors (Lipinski definition) is 3. The number of likely N-dealkylation sites (tertiary alicyclic amines) is 2. The number of β-lactam (4-membered cyclic amide) rings is 1. The molecule has 0 atom stereocenters. The van der Waals surface area contributed by atoms with E-state index in [1.54, 1.807) is 7.11 Å². The maximum Gasteiger partial charge on any atom is 0.231 e. The Morgan fingerprint density at radius 3 is 2.38 bits per heavy atom. The van der Waals surface area contributed by atoms with Crippen LogP contribution in [0.2, 0.25) is 0 Å². The van der Waals surface area contributed by atoms with Crippen molar-refractivity contribution >= 4 is 11.8 Å². The van der Waals surface area contributed by atoms with Crippen molar-refractivity contribution in [1.29, 1.82) is 0 Å². The van der Waals surface area contributed by atoms with Crippen molar-refractivity contribution in [3.8, 4) is 5.75 Å². The van der Waals surface area contributed by atoms with Gasteiger partial charge in [-0.15, -0.1) is 0 Å². The summed E-state index contributed by atoms with van der Waals surface area (Å²) in [5.41, 5.74) is 0.918. The largest absolute Gasteiger partial charge is 0.497 e. The van der Waals surface area contributed by atoms with Crippen molar-refractivity contribution in [2.75, 3.05) is 26.7 Å². The fourth-order valence-corrected chi connectivity index (χ4v) is 4.79. The molecular formula is C21H28N2O3. The van der Waals surface area contributed by atoms with Crippen LogP contribution < -0.4 is 4.74 Å². The molecule has 26 heavy (non-hydrogen) atoms. The number of methoxy groups -OCH3 is 1. The van der Waals surface area contributed by atoms with Gasteiger partial charge in [0, 0.05) is 32.1 Å². The number of carbonyl (C=O) groups excluding carboxylic acids is 2. The average Bonchev–Trinajstić information content (AvgIpc) is 3.23. The number of piperidine rings is 1. The molecule has 2 aliphatic heterocycles. The van der Waals surface area contributed by atoms with Gasteiger partial charge in [0.1, 0.15) is 5.75 Å². The van der Waals surface area contributed by atoms with E-state index in [2.05, 4.69) is 0 Å². The fraction of sp³-hybridized carbons (Fsp3) is 0.619. The Labute approximate surface area is 155 Å². The van der Waals surface area contributed by atoms with Crippen LogP contribution in [-0.4, -0.2) is 48.4 Å². The summed E-state index contributed by atoms with van der Waals surface area (Å²) in [7, 11) is 1.65. The van der Waals surface area contributed by atoms with Gasteiger partial charge < -0.3 is 14.5 Å². The minimum atomic E-state index is -0.209. The van der Waals surface area contributed by atoms with Crippen LogP contribution in [0, 0.1) is 11.3 Å². The summed E-state index contributed by atoms with van der Waals surface area (Å²) in [6.07, 6.45) is 6.12. The second-order valence-corrected chi connectivity index (χ2v) is 8.10. The van der Waals surface area contributed by atoms with Gasteiger partial charge in [-0.25, -0.2) is 0 Å². The minimum absolute atomic E-state index is 0.209. The quantitative estimate of drug-likeness (QED) is 0.780. The van der Waals surface area contributed by atoms with Gasteiger partial charge in [0.05, 0.1) is 12.5 Å². The molecule has 0 aromatic heterocycles. The zero-order valence-electron chi connectivity index (χ0n) is 15.6. The predicted molar refractivity (Wildman–Crippen MR) is 98.6 cm³/mol. The van der Waals surface area contributed by atoms with E-state index in [0.717, 1.165) is 56.6 Å². The highest BCUT2D eigenvalue weighted by Crippen LogP contribution is 2.43. The van der Waals surface area contributed by atoms with E-state index in [-0.39, 0.29) is 17.2 Å². The van der Waals surface area contributed by atoms with Gasteiger partial charge in [-0.3, -0.25) is 9.59 Å². The Balaban J connectivity index is 1.30. The molecule has 2 heterocycles. The van der Waals surface area contributed by atoms with Crippen LogP contribution in [0.4, 0.5) is 0 Å². The smallest absolute Gasteiger partial charge is 0.231 e. The van der Waals surface area contributed by atoms with Crippen molar-refractivity contribution in [3.63, 3.8) is 0 Å². The molecule has 1 saturated carbocycles. The van der Waals surface area contributed by atoms with E-state index >= 15 is 0 Å². The van der Waals surface area contributed by atoms with E-state index in [4.69, 9.17) is 4.74 Å². The summed E-state index contributed by atoms with van der Waals surface area (Å²) in [5.74, 6) is 1.67. The summed E-state index contributed by atoms with van der Waals surface area (Å²) >= 11 is 0. The Bertz CT molecular complexity index is 671. The molecular weight excluding hydrogens is 328 g/mol. The lowest BCUT2D eigenvalue weighted by atomic mass is 9.70. The van der Waals surface area contributed by atoms with Crippen molar-refractivity contribution in [1.82, 2.24) is 9.80 Å². The molecule has 1 spiro atoms. The number of amides is 2. The van der Waals surface area contributed by atoms with Gasteiger partial charge in [0.2, 0.25) is 11.8 Å². The Kier molecular flexibility index (Phi) is 4.63. The van der Waals surface area contributed by atoms with Crippen molar-refractivity contribution in [2.45, 2.75) is 45.1 Å². The number of nitrogens with zero attached hydrogens (tertiary/aromatic N) is 2.